The molecule has 0 aromatic heterocycles. The van der Waals surface area contributed by atoms with Crippen molar-refractivity contribution in [2.45, 2.75) is 11.8 Å². The van der Waals surface area contributed by atoms with Crippen molar-refractivity contribution in [1.29, 1.82) is 0 Å². The van der Waals surface area contributed by atoms with Crippen LogP contribution < -0.4 is 15.0 Å². The van der Waals surface area contributed by atoms with Crippen molar-refractivity contribution in [2.75, 3.05) is 16.2 Å². The fraction of sp³-hybridized carbons (Fsp3) is 0.0690. The molecule has 0 atom stereocenters. The van der Waals surface area contributed by atoms with E-state index in [0.29, 0.717) is 22.6 Å². The van der Waals surface area contributed by atoms with Gasteiger partial charge in [0.25, 0.3) is 21.8 Å². The second-order valence-corrected chi connectivity index (χ2v) is 10.2. The average Bonchev–Trinajstić information content (AvgIpc) is 2.96. The van der Waals surface area contributed by atoms with Crippen LogP contribution in [0.25, 0.3) is 0 Å². The van der Waals surface area contributed by atoms with E-state index in [2.05, 4.69) is 15.8 Å². The summed E-state index contributed by atoms with van der Waals surface area (Å²) < 4.78 is 27.7. The average molecular weight is 527 g/mol. The monoisotopic (exact) mass is 526 g/mol. The molecule has 192 valence electrons. The van der Waals surface area contributed by atoms with Crippen molar-refractivity contribution < 1.29 is 18.0 Å². The summed E-state index contributed by atoms with van der Waals surface area (Å²) in [7, 11) is -3.99. The van der Waals surface area contributed by atoms with E-state index in [-0.39, 0.29) is 10.8 Å². The van der Waals surface area contributed by atoms with Crippen LogP contribution >= 0.6 is 0 Å². The molecular formula is C29H26N4O4S. The van der Waals surface area contributed by atoms with Gasteiger partial charge in [-0.05, 0) is 61.0 Å². The Hall–Kier alpha value is -4.76. The number of benzene rings is 4. The molecule has 0 aliphatic heterocycles. The standard InChI is InChI=1S/C29H26N4O4S/c1-22(23-17-19-25(20-18-23)30-29(35)24-11-5-2-6-12-24)31-32-28(34)21-33(26-13-7-3-8-14-26)38(36,37)27-15-9-4-10-16-27/h2-20H,21H2,1H3,(H,30,35)(H,32,34)/b31-22-. The van der Waals surface area contributed by atoms with Crippen molar-refractivity contribution in [2.24, 2.45) is 5.10 Å². The first-order chi connectivity index (χ1) is 18.3. The zero-order chi connectivity index (χ0) is 27.0. The molecule has 0 spiro atoms. The summed E-state index contributed by atoms with van der Waals surface area (Å²) in [5, 5.41) is 6.97. The van der Waals surface area contributed by atoms with Gasteiger partial charge in [0.2, 0.25) is 0 Å². The van der Waals surface area contributed by atoms with Gasteiger partial charge in [0.1, 0.15) is 6.54 Å². The van der Waals surface area contributed by atoms with Crippen LogP contribution in [-0.2, 0) is 14.8 Å². The van der Waals surface area contributed by atoms with E-state index in [1.165, 1.54) is 12.1 Å². The van der Waals surface area contributed by atoms with Gasteiger partial charge in [-0.3, -0.25) is 13.9 Å². The molecule has 0 radical (unpaired) electrons. The second-order valence-electron chi connectivity index (χ2n) is 8.29. The lowest BCUT2D eigenvalue weighted by Crippen LogP contribution is -2.39. The summed E-state index contributed by atoms with van der Waals surface area (Å²) in [6.07, 6.45) is 0. The Morgan fingerprint density at radius 2 is 1.29 bits per heavy atom. The number of nitrogens with zero attached hydrogens (tertiary/aromatic N) is 2. The Balaban J connectivity index is 1.44. The quantitative estimate of drug-likeness (QED) is 0.244. The molecule has 0 bridgehead atoms. The van der Waals surface area contributed by atoms with E-state index >= 15 is 0 Å². The van der Waals surface area contributed by atoms with E-state index in [9.17, 15) is 18.0 Å². The fourth-order valence-corrected chi connectivity index (χ4v) is 5.04. The van der Waals surface area contributed by atoms with Crippen molar-refractivity contribution in [1.82, 2.24) is 5.43 Å². The molecular weight excluding hydrogens is 500 g/mol. The summed E-state index contributed by atoms with van der Waals surface area (Å²) in [6.45, 7) is 1.26. The molecule has 0 unspecified atom stereocenters. The highest BCUT2D eigenvalue weighted by Gasteiger charge is 2.26. The SMILES string of the molecule is C/C(=N/NC(=O)CN(c1ccccc1)S(=O)(=O)c1ccccc1)c1ccc(NC(=O)c2ccccc2)cc1. The highest BCUT2D eigenvalue weighted by atomic mass is 32.2. The van der Waals surface area contributed by atoms with Crippen LogP contribution in [0, 0.1) is 0 Å². The van der Waals surface area contributed by atoms with Crippen molar-refractivity contribution >= 4 is 38.9 Å². The summed E-state index contributed by atoms with van der Waals surface area (Å²) in [5.74, 6) is -0.816. The maximum Gasteiger partial charge on any atom is 0.264 e. The number of para-hydroxylation sites is 1. The normalized spacial score (nSPS) is 11.4. The summed E-state index contributed by atoms with van der Waals surface area (Å²) in [5.41, 5.74) is 5.21. The van der Waals surface area contributed by atoms with E-state index in [4.69, 9.17) is 0 Å². The highest BCUT2D eigenvalue weighted by Crippen LogP contribution is 2.23. The molecule has 0 aliphatic carbocycles. The third-order valence-corrected chi connectivity index (χ3v) is 7.40. The first kappa shape index (κ1) is 26.3. The van der Waals surface area contributed by atoms with E-state index < -0.39 is 22.5 Å². The number of anilines is 2. The van der Waals surface area contributed by atoms with Crippen LogP contribution in [0.5, 0.6) is 0 Å². The first-order valence-corrected chi connectivity index (χ1v) is 13.2. The smallest absolute Gasteiger partial charge is 0.264 e. The Labute approximate surface area is 221 Å². The molecule has 2 N–H and O–H groups in total. The minimum atomic E-state index is -3.99. The minimum Gasteiger partial charge on any atom is -0.322 e. The molecule has 9 heteroatoms. The molecule has 0 saturated carbocycles. The number of hydrogen-bond acceptors (Lipinski definition) is 5. The third kappa shape index (κ3) is 6.51. The van der Waals surface area contributed by atoms with Crippen molar-refractivity contribution in [3.05, 3.63) is 126 Å². The molecule has 2 amide bonds. The molecule has 0 aliphatic rings. The molecule has 0 heterocycles. The lowest BCUT2D eigenvalue weighted by Gasteiger charge is -2.23. The van der Waals surface area contributed by atoms with Crippen LogP contribution in [0.2, 0.25) is 0 Å². The van der Waals surface area contributed by atoms with E-state index in [1.54, 1.807) is 104 Å². The van der Waals surface area contributed by atoms with Gasteiger partial charge in [-0.2, -0.15) is 5.10 Å². The van der Waals surface area contributed by atoms with Gasteiger partial charge in [0, 0.05) is 11.3 Å². The van der Waals surface area contributed by atoms with Crippen LogP contribution in [0.1, 0.15) is 22.8 Å². The Morgan fingerprint density at radius 1 is 0.737 bits per heavy atom. The lowest BCUT2D eigenvalue weighted by atomic mass is 10.1. The number of nitrogens with one attached hydrogen (secondary N) is 2. The lowest BCUT2D eigenvalue weighted by molar-refractivity contribution is -0.119. The van der Waals surface area contributed by atoms with Crippen LogP contribution in [0.4, 0.5) is 11.4 Å². The maximum absolute atomic E-state index is 13.3. The Kier molecular flexibility index (Phi) is 8.30. The number of rotatable bonds is 9. The first-order valence-electron chi connectivity index (χ1n) is 11.8. The Morgan fingerprint density at radius 3 is 1.89 bits per heavy atom. The number of sulfonamides is 1. The molecule has 0 fully saturated rings. The molecule has 4 aromatic carbocycles. The zero-order valence-electron chi connectivity index (χ0n) is 20.6. The van der Waals surface area contributed by atoms with Crippen LogP contribution in [0.3, 0.4) is 0 Å². The van der Waals surface area contributed by atoms with E-state index in [1.807, 2.05) is 6.07 Å². The van der Waals surface area contributed by atoms with Crippen molar-refractivity contribution in [3.8, 4) is 0 Å². The number of carbonyl (C=O) groups excluding carboxylic acids is 2. The minimum absolute atomic E-state index is 0.0794. The van der Waals surface area contributed by atoms with Gasteiger partial charge >= 0.3 is 0 Å². The molecule has 38 heavy (non-hydrogen) atoms. The number of carbonyl (C=O) groups is 2. The number of hydrazone groups is 1. The van der Waals surface area contributed by atoms with Gasteiger partial charge < -0.3 is 5.32 Å². The van der Waals surface area contributed by atoms with Gasteiger partial charge in [0.15, 0.2) is 0 Å². The zero-order valence-corrected chi connectivity index (χ0v) is 21.4. The topological polar surface area (TPSA) is 108 Å². The van der Waals surface area contributed by atoms with Gasteiger partial charge in [0.05, 0.1) is 16.3 Å². The number of amides is 2. The van der Waals surface area contributed by atoms with Crippen LogP contribution in [0.15, 0.2) is 125 Å². The van der Waals surface area contributed by atoms with Gasteiger partial charge in [-0.25, -0.2) is 13.8 Å². The third-order valence-electron chi connectivity index (χ3n) is 5.61. The second kappa shape index (κ2) is 12.0. The number of hydrogen-bond donors (Lipinski definition) is 2. The van der Waals surface area contributed by atoms with Gasteiger partial charge in [-0.1, -0.05) is 66.7 Å². The largest absolute Gasteiger partial charge is 0.322 e. The molecule has 8 nitrogen and oxygen atoms in total. The predicted molar refractivity (Wildman–Crippen MR) is 149 cm³/mol. The highest BCUT2D eigenvalue weighted by molar-refractivity contribution is 7.92. The molecule has 4 rings (SSSR count). The summed E-state index contributed by atoms with van der Waals surface area (Å²) in [4.78, 5) is 25.2. The van der Waals surface area contributed by atoms with Crippen LogP contribution in [-0.4, -0.2) is 32.5 Å². The summed E-state index contributed by atoms with van der Waals surface area (Å²) >= 11 is 0. The van der Waals surface area contributed by atoms with Crippen molar-refractivity contribution in [3.63, 3.8) is 0 Å². The fourth-order valence-electron chi connectivity index (χ4n) is 3.59. The van der Waals surface area contributed by atoms with Gasteiger partial charge in [-0.15, -0.1) is 0 Å². The molecule has 0 saturated heterocycles. The predicted octanol–water partition coefficient (Wildman–Crippen LogP) is 4.67. The van der Waals surface area contributed by atoms with E-state index in [0.717, 1.165) is 9.87 Å². The Bertz CT molecular complexity index is 1520. The summed E-state index contributed by atoms with van der Waals surface area (Å²) in [6, 6.07) is 32.3. The molecule has 4 aromatic rings. The maximum atomic E-state index is 13.3.